The number of nitrogens with zero attached hydrogens (tertiary/aromatic N) is 1. The molecule has 3 aromatic carbocycles. The van der Waals surface area contributed by atoms with Crippen LogP contribution in [-0.4, -0.2) is 27.7 Å². The highest BCUT2D eigenvalue weighted by atomic mass is 35.5. The van der Waals surface area contributed by atoms with E-state index >= 15 is 0 Å². The van der Waals surface area contributed by atoms with E-state index in [-0.39, 0.29) is 32.4 Å². The number of benzene rings is 3. The summed E-state index contributed by atoms with van der Waals surface area (Å²) in [6, 6.07) is 12.7. The first-order valence-electron chi connectivity index (χ1n) is 8.94. The summed E-state index contributed by atoms with van der Waals surface area (Å²) in [6.45, 7) is 0. The van der Waals surface area contributed by atoms with Crippen LogP contribution in [0.15, 0.2) is 60.8 Å². The number of hydrogen-bond acceptors (Lipinski definition) is 3. The molecule has 0 saturated carbocycles. The van der Waals surface area contributed by atoms with Gasteiger partial charge in [-0.2, -0.15) is 0 Å². The molecule has 0 fully saturated rings. The summed E-state index contributed by atoms with van der Waals surface area (Å²) in [5.74, 6) is -2.54. The quantitative estimate of drug-likeness (QED) is 0.304. The Balaban J connectivity index is 1.99. The van der Waals surface area contributed by atoms with Gasteiger partial charge in [0.15, 0.2) is 5.78 Å². The number of carbonyl (C=O) groups is 3. The number of aromatic carboxylic acids is 1. The Hall–Kier alpha value is -3.48. The van der Waals surface area contributed by atoms with Gasteiger partial charge in [-0.15, -0.1) is 0 Å². The second kappa shape index (κ2) is 7.98. The summed E-state index contributed by atoms with van der Waals surface area (Å²) in [4.78, 5) is 35.7. The highest BCUT2D eigenvalue weighted by molar-refractivity contribution is 6.41. The van der Waals surface area contributed by atoms with Crippen molar-refractivity contribution in [3.05, 3.63) is 98.9 Å². The Bertz CT molecular complexity index is 1370. The number of carboxylic acids is 1. The lowest BCUT2D eigenvalue weighted by Gasteiger charge is -2.08. The average Bonchev–Trinajstić information content (AvgIpc) is 3.11. The van der Waals surface area contributed by atoms with Crippen LogP contribution in [0.25, 0.3) is 16.6 Å². The Labute approximate surface area is 185 Å². The number of halogens is 3. The van der Waals surface area contributed by atoms with Gasteiger partial charge in [0.1, 0.15) is 12.1 Å². The monoisotopic (exact) mass is 455 g/mol. The third-order valence-electron chi connectivity index (χ3n) is 4.85. The van der Waals surface area contributed by atoms with Gasteiger partial charge in [-0.3, -0.25) is 9.59 Å². The van der Waals surface area contributed by atoms with Crippen LogP contribution < -0.4 is 0 Å². The van der Waals surface area contributed by atoms with Gasteiger partial charge in [-0.25, -0.2) is 9.18 Å². The van der Waals surface area contributed by atoms with Gasteiger partial charge in [0.25, 0.3) is 0 Å². The van der Waals surface area contributed by atoms with Crippen molar-refractivity contribution in [2.75, 3.05) is 0 Å². The zero-order valence-electron chi connectivity index (χ0n) is 15.6. The molecule has 0 aliphatic heterocycles. The molecule has 0 aliphatic rings. The third kappa shape index (κ3) is 3.60. The fourth-order valence-electron chi connectivity index (χ4n) is 3.38. The summed E-state index contributed by atoms with van der Waals surface area (Å²) >= 11 is 12.4. The summed E-state index contributed by atoms with van der Waals surface area (Å²) in [7, 11) is 0. The second-order valence-corrected chi connectivity index (χ2v) is 7.52. The standard InChI is InChI=1S/C23H12Cl2FNO4/c24-16-2-1-3-17(25)21(16)22(29)15-10-27(20-8-12(11-28)4-6-14(15)20)19-7-5-13(23(30)31)9-18(19)26/h1-11H,(H,30,31). The van der Waals surface area contributed by atoms with Crippen LogP contribution in [0.5, 0.6) is 0 Å². The van der Waals surface area contributed by atoms with Crippen molar-refractivity contribution in [1.29, 1.82) is 0 Å². The molecule has 0 atom stereocenters. The van der Waals surface area contributed by atoms with Crippen molar-refractivity contribution >= 4 is 52.1 Å². The zero-order valence-corrected chi connectivity index (χ0v) is 17.1. The predicted molar refractivity (Wildman–Crippen MR) is 115 cm³/mol. The summed E-state index contributed by atoms with van der Waals surface area (Å²) in [6.07, 6.45) is 2.05. The number of carboxylic acid groups (broad SMARTS) is 1. The number of ketones is 1. The smallest absolute Gasteiger partial charge is 0.335 e. The van der Waals surface area contributed by atoms with Crippen molar-refractivity contribution in [2.45, 2.75) is 0 Å². The molecule has 5 nitrogen and oxygen atoms in total. The minimum absolute atomic E-state index is 0.0161. The van der Waals surface area contributed by atoms with Gasteiger partial charge in [0.05, 0.1) is 32.4 Å². The molecular formula is C23H12Cl2FNO4. The molecule has 0 spiro atoms. The lowest BCUT2D eigenvalue weighted by atomic mass is 10.0. The molecule has 31 heavy (non-hydrogen) atoms. The first kappa shape index (κ1) is 20.8. The molecule has 1 aromatic heterocycles. The van der Waals surface area contributed by atoms with E-state index in [0.29, 0.717) is 22.8 Å². The maximum Gasteiger partial charge on any atom is 0.335 e. The molecule has 0 bridgehead atoms. The molecule has 4 aromatic rings. The molecular weight excluding hydrogens is 444 g/mol. The van der Waals surface area contributed by atoms with Crippen molar-refractivity contribution < 1.29 is 23.9 Å². The van der Waals surface area contributed by atoms with E-state index in [0.717, 1.165) is 6.07 Å². The SMILES string of the molecule is O=Cc1ccc2c(C(=O)c3c(Cl)cccc3Cl)cn(-c3ccc(C(=O)O)cc3F)c2c1. The Morgan fingerprint density at radius 1 is 1.00 bits per heavy atom. The summed E-state index contributed by atoms with van der Waals surface area (Å²) in [5, 5.41) is 9.87. The number of aromatic nitrogens is 1. The minimum Gasteiger partial charge on any atom is -0.478 e. The largest absolute Gasteiger partial charge is 0.478 e. The van der Waals surface area contributed by atoms with E-state index in [1.807, 2.05) is 0 Å². The molecule has 0 unspecified atom stereocenters. The van der Waals surface area contributed by atoms with Crippen LogP contribution in [0.1, 0.15) is 36.6 Å². The molecule has 154 valence electrons. The molecule has 1 N–H and O–H groups in total. The molecule has 0 aliphatic carbocycles. The van der Waals surface area contributed by atoms with Gasteiger partial charge in [0.2, 0.25) is 0 Å². The Morgan fingerprint density at radius 3 is 2.32 bits per heavy atom. The van der Waals surface area contributed by atoms with Crippen LogP contribution in [0.4, 0.5) is 4.39 Å². The molecule has 0 amide bonds. The fourth-order valence-corrected chi connectivity index (χ4v) is 3.95. The Morgan fingerprint density at radius 2 is 1.71 bits per heavy atom. The lowest BCUT2D eigenvalue weighted by molar-refractivity contribution is 0.0696. The van der Waals surface area contributed by atoms with E-state index in [1.54, 1.807) is 12.1 Å². The third-order valence-corrected chi connectivity index (χ3v) is 5.48. The maximum atomic E-state index is 14.8. The highest BCUT2D eigenvalue weighted by Gasteiger charge is 2.23. The van der Waals surface area contributed by atoms with E-state index in [4.69, 9.17) is 28.3 Å². The van der Waals surface area contributed by atoms with E-state index in [2.05, 4.69) is 0 Å². The molecule has 8 heteroatoms. The van der Waals surface area contributed by atoms with Gasteiger partial charge in [0, 0.05) is 22.7 Å². The van der Waals surface area contributed by atoms with E-state index in [1.165, 1.54) is 47.2 Å². The number of carbonyl (C=O) groups excluding carboxylic acids is 2. The van der Waals surface area contributed by atoms with Crippen molar-refractivity contribution in [3.8, 4) is 5.69 Å². The van der Waals surface area contributed by atoms with Crippen LogP contribution in [0, 0.1) is 5.82 Å². The first-order chi connectivity index (χ1) is 14.8. The number of rotatable bonds is 5. The normalized spacial score (nSPS) is 10.9. The number of fused-ring (bicyclic) bond motifs is 1. The maximum absolute atomic E-state index is 14.8. The van der Waals surface area contributed by atoms with Crippen LogP contribution >= 0.6 is 23.2 Å². The van der Waals surface area contributed by atoms with Crippen molar-refractivity contribution in [2.24, 2.45) is 0 Å². The van der Waals surface area contributed by atoms with E-state index < -0.39 is 17.6 Å². The molecule has 0 saturated heterocycles. The average molecular weight is 456 g/mol. The lowest BCUT2D eigenvalue weighted by Crippen LogP contribution is -2.03. The predicted octanol–water partition coefficient (Wildman–Crippen LogP) is 5.82. The van der Waals surface area contributed by atoms with E-state index in [9.17, 15) is 18.8 Å². The van der Waals surface area contributed by atoms with Gasteiger partial charge in [-0.05, 0) is 36.4 Å². The number of aldehydes is 1. The number of hydrogen-bond donors (Lipinski definition) is 1. The molecule has 4 rings (SSSR count). The fraction of sp³-hybridized carbons (Fsp3) is 0. The molecule has 1 heterocycles. The van der Waals surface area contributed by atoms with Gasteiger partial charge < -0.3 is 9.67 Å². The van der Waals surface area contributed by atoms with Gasteiger partial charge in [-0.1, -0.05) is 41.4 Å². The summed E-state index contributed by atoms with van der Waals surface area (Å²) < 4.78 is 16.2. The van der Waals surface area contributed by atoms with Gasteiger partial charge >= 0.3 is 5.97 Å². The topological polar surface area (TPSA) is 76.4 Å². The Kier molecular flexibility index (Phi) is 5.35. The van der Waals surface area contributed by atoms with Crippen molar-refractivity contribution in [1.82, 2.24) is 4.57 Å². The molecule has 0 radical (unpaired) electrons. The van der Waals surface area contributed by atoms with Crippen LogP contribution in [0.2, 0.25) is 10.0 Å². The second-order valence-electron chi connectivity index (χ2n) is 6.70. The summed E-state index contributed by atoms with van der Waals surface area (Å²) in [5.41, 5.74) is 0.810. The minimum atomic E-state index is -1.27. The highest BCUT2D eigenvalue weighted by Crippen LogP contribution is 2.33. The zero-order chi connectivity index (χ0) is 22.3. The van der Waals surface area contributed by atoms with Crippen LogP contribution in [-0.2, 0) is 0 Å². The van der Waals surface area contributed by atoms with Crippen LogP contribution in [0.3, 0.4) is 0 Å². The van der Waals surface area contributed by atoms with Crippen molar-refractivity contribution in [3.63, 3.8) is 0 Å². The first-order valence-corrected chi connectivity index (χ1v) is 9.69.